The largest absolute Gasteiger partial charge is 0.496 e. The average Bonchev–Trinajstić information content (AvgIpc) is 2.47. The number of halogens is 1. The van der Waals surface area contributed by atoms with Crippen LogP contribution < -0.4 is 10.5 Å². The number of amides is 1. The van der Waals surface area contributed by atoms with E-state index in [0.717, 1.165) is 0 Å². The molecule has 104 valence electrons. The van der Waals surface area contributed by atoms with Crippen molar-refractivity contribution < 1.29 is 14.6 Å². The highest BCUT2D eigenvalue weighted by Crippen LogP contribution is 2.37. The zero-order valence-electron chi connectivity index (χ0n) is 10.8. The number of rotatable bonds is 4. The summed E-state index contributed by atoms with van der Waals surface area (Å²) in [4.78, 5) is 11.9. The lowest BCUT2D eigenvalue weighted by molar-refractivity contribution is -0.133. The van der Waals surface area contributed by atoms with E-state index >= 15 is 0 Å². The van der Waals surface area contributed by atoms with E-state index in [-0.39, 0.29) is 5.56 Å². The first kappa shape index (κ1) is 14.4. The van der Waals surface area contributed by atoms with Crippen LogP contribution in [0.1, 0.15) is 11.1 Å². The molecule has 1 atom stereocenters. The molecule has 0 bridgehead atoms. The highest BCUT2D eigenvalue weighted by Gasteiger charge is 2.40. The summed E-state index contributed by atoms with van der Waals surface area (Å²) in [7, 11) is 1.44. The minimum atomic E-state index is -2.00. The summed E-state index contributed by atoms with van der Waals surface area (Å²) in [6.07, 6.45) is 0. The third kappa shape index (κ3) is 2.35. The molecule has 2 aromatic rings. The molecule has 0 aliphatic carbocycles. The van der Waals surface area contributed by atoms with Gasteiger partial charge in [-0.25, -0.2) is 0 Å². The molecule has 0 fully saturated rings. The first-order chi connectivity index (χ1) is 9.50. The maximum absolute atomic E-state index is 11.9. The Balaban J connectivity index is 2.72. The lowest BCUT2D eigenvalue weighted by Crippen LogP contribution is -2.42. The van der Waals surface area contributed by atoms with Crippen LogP contribution in [0, 0.1) is 0 Å². The third-order valence-electron chi connectivity index (χ3n) is 3.10. The molecule has 0 aromatic heterocycles. The Labute approximate surface area is 121 Å². The second-order valence-corrected chi connectivity index (χ2v) is 4.72. The van der Waals surface area contributed by atoms with Crippen molar-refractivity contribution in [2.75, 3.05) is 7.11 Å². The molecule has 0 spiro atoms. The van der Waals surface area contributed by atoms with Gasteiger partial charge in [0.25, 0.3) is 5.91 Å². The van der Waals surface area contributed by atoms with Crippen molar-refractivity contribution in [2.24, 2.45) is 5.73 Å². The zero-order chi connectivity index (χ0) is 14.8. The summed E-state index contributed by atoms with van der Waals surface area (Å²) in [6.45, 7) is 0. The number of methoxy groups -OCH3 is 1. The fourth-order valence-electron chi connectivity index (χ4n) is 2.07. The molecule has 4 nitrogen and oxygen atoms in total. The predicted octanol–water partition coefficient (Wildman–Crippen LogP) is 2.07. The Morgan fingerprint density at radius 3 is 2.45 bits per heavy atom. The monoisotopic (exact) mass is 291 g/mol. The third-order valence-corrected chi connectivity index (χ3v) is 3.33. The van der Waals surface area contributed by atoms with E-state index < -0.39 is 11.5 Å². The maximum atomic E-state index is 11.9. The number of benzene rings is 2. The first-order valence-corrected chi connectivity index (χ1v) is 6.29. The average molecular weight is 292 g/mol. The fraction of sp³-hybridized carbons (Fsp3) is 0.133. The summed E-state index contributed by atoms with van der Waals surface area (Å²) in [5.74, 6) is -0.566. The second kappa shape index (κ2) is 5.53. The topological polar surface area (TPSA) is 72.6 Å². The smallest absolute Gasteiger partial charge is 0.258 e. The summed E-state index contributed by atoms with van der Waals surface area (Å²) >= 11 is 5.95. The molecule has 1 unspecified atom stereocenters. The van der Waals surface area contributed by atoms with Gasteiger partial charge in [0.2, 0.25) is 0 Å². The van der Waals surface area contributed by atoms with Crippen molar-refractivity contribution in [3.05, 3.63) is 64.7 Å². The molecule has 20 heavy (non-hydrogen) atoms. The van der Waals surface area contributed by atoms with Gasteiger partial charge in [0.05, 0.1) is 7.11 Å². The van der Waals surface area contributed by atoms with Crippen molar-refractivity contribution in [1.82, 2.24) is 0 Å². The molecule has 0 aliphatic rings. The highest BCUT2D eigenvalue weighted by atomic mass is 35.5. The second-order valence-electron chi connectivity index (χ2n) is 4.29. The Morgan fingerprint density at radius 1 is 1.25 bits per heavy atom. The maximum Gasteiger partial charge on any atom is 0.258 e. The zero-order valence-corrected chi connectivity index (χ0v) is 11.6. The van der Waals surface area contributed by atoms with Gasteiger partial charge in [-0.15, -0.1) is 0 Å². The Morgan fingerprint density at radius 2 is 1.90 bits per heavy atom. The van der Waals surface area contributed by atoms with Crippen molar-refractivity contribution >= 4 is 17.5 Å². The first-order valence-electron chi connectivity index (χ1n) is 5.92. The van der Waals surface area contributed by atoms with Crippen LogP contribution in [0.25, 0.3) is 0 Å². The van der Waals surface area contributed by atoms with Crippen LogP contribution in [-0.2, 0) is 10.4 Å². The highest BCUT2D eigenvalue weighted by molar-refractivity contribution is 6.30. The Hall–Kier alpha value is -2.04. The lowest BCUT2D eigenvalue weighted by atomic mass is 9.85. The minimum absolute atomic E-state index is 0.214. The van der Waals surface area contributed by atoms with Gasteiger partial charge < -0.3 is 15.6 Å². The number of hydrogen-bond acceptors (Lipinski definition) is 3. The van der Waals surface area contributed by atoms with Gasteiger partial charge in [0.1, 0.15) is 5.75 Å². The molecule has 0 saturated heterocycles. The van der Waals surface area contributed by atoms with E-state index in [1.165, 1.54) is 13.2 Å². The van der Waals surface area contributed by atoms with Crippen LogP contribution >= 0.6 is 11.6 Å². The molecule has 2 rings (SSSR count). The van der Waals surface area contributed by atoms with Crippen LogP contribution in [0.5, 0.6) is 5.75 Å². The van der Waals surface area contributed by atoms with E-state index in [0.29, 0.717) is 16.3 Å². The molecule has 2 aromatic carbocycles. The van der Waals surface area contributed by atoms with E-state index in [2.05, 4.69) is 0 Å². The van der Waals surface area contributed by atoms with Gasteiger partial charge in [0.15, 0.2) is 5.60 Å². The normalized spacial score (nSPS) is 13.6. The van der Waals surface area contributed by atoms with E-state index in [1.54, 1.807) is 42.5 Å². The lowest BCUT2D eigenvalue weighted by Gasteiger charge is -2.27. The summed E-state index contributed by atoms with van der Waals surface area (Å²) < 4.78 is 5.19. The van der Waals surface area contributed by atoms with E-state index in [4.69, 9.17) is 22.1 Å². The number of nitrogens with two attached hydrogens (primary N) is 1. The molecule has 3 N–H and O–H groups in total. The van der Waals surface area contributed by atoms with E-state index in [1.807, 2.05) is 0 Å². The van der Waals surface area contributed by atoms with Crippen LogP contribution in [0.2, 0.25) is 5.02 Å². The molecule has 0 aliphatic heterocycles. The van der Waals surface area contributed by atoms with Crippen LogP contribution in [-0.4, -0.2) is 18.1 Å². The summed E-state index contributed by atoms with van der Waals surface area (Å²) in [5.41, 5.74) is 3.99. The van der Waals surface area contributed by atoms with Crippen molar-refractivity contribution in [1.29, 1.82) is 0 Å². The van der Waals surface area contributed by atoms with Crippen molar-refractivity contribution in [2.45, 2.75) is 5.60 Å². The van der Waals surface area contributed by atoms with Gasteiger partial charge in [-0.2, -0.15) is 0 Å². The number of primary amides is 1. The van der Waals surface area contributed by atoms with Gasteiger partial charge in [-0.3, -0.25) is 4.79 Å². The molecular formula is C15H14ClNO3. The fourth-order valence-corrected chi connectivity index (χ4v) is 2.24. The number of hydrogen-bond donors (Lipinski definition) is 2. The van der Waals surface area contributed by atoms with Gasteiger partial charge in [0, 0.05) is 10.6 Å². The Bertz CT molecular complexity index is 630. The van der Waals surface area contributed by atoms with Gasteiger partial charge >= 0.3 is 0 Å². The van der Waals surface area contributed by atoms with Crippen molar-refractivity contribution in [3.63, 3.8) is 0 Å². The molecule has 0 radical (unpaired) electrons. The standard InChI is InChI=1S/C15H14ClNO3/c1-20-13-8-7-11(16)9-12(13)15(19,14(17)18)10-5-3-2-4-6-10/h2-9,19H,1H3,(H2,17,18). The predicted molar refractivity (Wildman–Crippen MR) is 76.6 cm³/mol. The molecular weight excluding hydrogens is 278 g/mol. The number of ether oxygens (including phenoxy) is 1. The van der Waals surface area contributed by atoms with Crippen LogP contribution in [0.4, 0.5) is 0 Å². The van der Waals surface area contributed by atoms with Crippen molar-refractivity contribution in [3.8, 4) is 5.75 Å². The molecule has 1 amide bonds. The molecule has 0 heterocycles. The molecule has 0 saturated carbocycles. The van der Waals surface area contributed by atoms with Crippen LogP contribution in [0.3, 0.4) is 0 Å². The van der Waals surface area contributed by atoms with Gasteiger partial charge in [-0.1, -0.05) is 41.9 Å². The number of aliphatic hydroxyl groups is 1. The SMILES string of the molecule is COc1ccc(Cl)cc1C(O)(C(N)=O)c1ccccc1. The summed E-state index contributed by atoms with van der Waals surface area (Å²) in [5, 5.41) is 11.2. The molecule has 5 heteroatoms. The summed E-state index contributed by atoms with van der Waals surface area (Å²) in [6, 6.07) is 13.1. The van der Waals surface area contributed by atoms with Gasteiger partial charge in [-0.05, 0) is 23.8 Å². The Kier molecular flexibility index (Phi) is 3.97. The number of carbonyl (C=O) groups excluding carboxylic acids is 1. The number of carbonyl (C=O) groups is 1. The van der Waals surface area contributed by atoms with E-state index in [9.17, 15) is 9.90 Å². The minimum Gasteiger partial charge on any atom is -0.496 e. The quantitative estimate of drug-likeness (QED) is 0.906. The van der Waals surface area contributed by atoms with Crippen LogP contribution in [0.15, 0.2) is 48.5 Å².